The van der Waals surface area contributed by atoms with Crippen molar-refractivity contribution in [1.82, 2.24) is 10.2 Å². The van der Waals surface area contributed by atoms with E-state index >= 15 is 0 Å². The summed E-state index contributed by atoms with van der Waals surface area (Å²) in [4.78, 5) is 14.9. The van der Waals surface area contributed by atoms with Crippen molar-refractivity contribution in [1.29, 1.82) is 0 Å². The van der Waals surface area contributed by atoms with Crippen molar-refractivity contribution in [2.75, 3.05) is 20.1 Å². The lowest BCUT2D eigenvalue weighted by Gasteiger charge is -2.57. The van der Waals surface area contributed by atoms with E-state index in [4.69, 9.17) is 0 Å². The van der Waals surface area contributed by atoms with Crippen LogP contribution in [0.4, 0.5) is 0 Å². The van der Waals surface area contributed by atoms with E-state index in [0.29, 0.717) is 11.8 Å². The van der Waals surface area contributed by atoms with Gasteiger partial charge in [0.25, 0.3) is 0 Å². The van der Waals surface area contributed by atoms with Crippen LogP contribution in [-0.4, -0.2) is 36.5 Å². The molecule has 1 heterocycles. The summed E-state index contributed by atoms with van der Waals surface area (Å²) in [6.45, 7) is 2.32. The molecule has 0 aromatic carbocycles. The molecule has 1 N–H and O–H groups in total. The van der Waals surface area contributed by atoms with Gasteiger partial charge in [0.05, 0.1) is 0 Å². The van der Waals surface area contributed by atoms with Gasteiger partial charge in [0, 0.05) is 12.0 Å². The predicted octanol–water partition coefficient (Wildman–Crippen LogP) is 2.80. The lowest BCUT2D eigenvalue weighted by Crippen LogP contribution is -2.60. The van der Waals surface area contributed by atoms with Gasteiger partial charge in [0.1, 0.15) is 0 Å². The number of carbonyl (C=O) groups excluding carboxylic acids is 1. The van der Waals surface area contributed by atoms with Crippen LogP contribution < -0.4 is 5.32 Å². The van der Waals surface area contributed by atoms with Crippen molar-refractivity contribution in [3.63, 3.8) is 0 Å². The maximum absolute atomic E-state index is 12.6. The first-order chi connectivity index (χ1) is 10.1. The molecule has 0 unspecified atom stereocenters. The van der Waals surface area contributed by atoms with E-state index in [2.05, 4.69) is 17.3 Å². The van der Waals surface area contributed by atoms with Crippen LogP contribution in [0.3, 0.4) is 0 Å². The zero-order valence-corrected chi connectivity index (χ0v) is 13.4. The number of nitrogens with one attached hydrogen (secondary N) is 1. The van der Waals surface area contributed by atoms with Crippen LogP contribution in [0.1, 0.15) is 57.8 Å². The van der Waals surface area contributed by atoms with Crippen LogP contribution in [0.15, 0.2) is 0 Å². The molecule has 4 saturated carbocycles. The minimum absolute atomic E-state index is 0.206. The standard InChI is InChI=1S/C18H30N2O/c1-20-4-2-13(3-5-20)9-17(21)19-18-10-14-6-15(11-18)8-16(7-14)12-18/h13-16H,2-12H2,1H3,(H,19,21). The van der Waals surface area contributed by atoms with Crippen LogP contribution in [0, 0.1) is 23.7 Å². The SMILES string of the molecule is CN1CCC(CC(=O)NC23CC4CC(CC(C4)C2)C3)CC1. The van der Waals surface area contributed by atoms with Crippen LogP contribution in [0.2, 0.25) is 0 Å². The Hall–Kier alpha value is -0.570. The van der Waals surface area contributed by atoms with Crippen LogP contribution >= 0.6 is 0 Å². The van der Waals surface area contributed by atoms with Crippen molar-refractivity contribution in [2.24, 2.45) is 23.7 Å². The number of amides is 1. The number of piperidine rings is 1. The summed E-state index contributed by atoms with van der Waals surface area (Å²) in [5.74, 6) is 3.72. The summed E-state index contributed by atoms with van der Waals surface area (Å²) >= 11 is 0. The molecule has 4 aliphatic carbocycles. The van der Waals surface area contributed by atoms with E-state index in [1.807, 2.05) is 0 Å². The summed E-state index contributed by atoms with van der Waals surface area (Å²) in [5, 5.41) is 3.53. The second-order valence-corrected chi connectivity index (χ2v) is 8.70. The number of nitrogens with zero attached hydrogens (tertiary/aromatic N) is 1. The van der Waals surface area contributed by atoms with Crippen molar-refractivity contribution < 1.29 is 4.79 Å². The molecule has 1 saturated heterocycles. The van der Waals surface area contributed by atoms with E-state index in [-0.39, 0.29) is 5.54 Å². The smallest absolute Gasteiger partial charge is 0.220 e. The van der Waals surface area contributed by atoms with Gasteiger partial charge in [-0.05, 0) is 95.2 Å². The fourth-order valence-corrected chi connectivity index (χ4v) is 6.14. The molecule has 0 aromatic heterocycles. The average molecular weight is 290 g/mol. The molecule has 5 fully saturated rings. The molecular formula is C18H30N2O. The molecule has 21 heavy (non-hydrogen) atoms. The summed E-state index contributed by atoms with van der Waals surface area (Å²) in [6.07, 6.45) is 11.3. The molecule has 0 aromatic rings. The minimum Gasteiger partial charge on any atom is -0.351 e. The van der Waals surface area contributed by atoms with Gasteiger partial charge in [-0.2, -0.15) is 0 Å². The maximum atomic E-state index is 12.6. The van der Waals surface area contributed by atoms with Gasteiger partial charge in [-0.1, -0.05) is 0 Å². The Balaban J connectivity index is 1.34. The lowest BCUT2D eigenvalue weighted by molar-refractivity contribution is -0.128. The highest BCUT2D eigenvalue weighted by Gasteiger charge is 2.51. The first-order valence-electron chi connectivity index (χ1n) is 9.10. The zero-order valence-electron chi connectivity index (χ0n) is 13.4. The third-order valence-electron chi connectivity index (χ3n) is 6.76. The van der Waals surface area contributed by atoms with Crippen LogP contribution in [0.5, 0.6) is 0 Å². The fourth-order valence-electron chi connectivity index (χ4n) is 6.14. The Morgan fingerprint density at radius 3 is 2.10 bits per heavy atom. The van der Waals surface area contributed by atoms with Gasteiger partial charge >= 0.3 is 0 Å². The molecule has 5 rings (SSSR count). The van der Waals surface area contributed by atoms with E-state index in [9.17, 15) is 4.79 Å². The predicted molar refractivity (Wildman–Crippen MR) is 83.9 cm³/mol. The first-order valence-corrected chi connectivity index (χ1v) is 9.10. The van der Waals surface area contributed by atoms with Gasteiger partial charge in [-0.25, -0.2) is 0 Å². The van der Waals surface area contributed by atoms with Gasteiger partial charge in [0.15, 0.2) is 0 Å². The number of hydrogen-bond acceptors (Lipinski definition) is 2. The molecule has 0 atom stereocenters. The van der Waals surface area contributed by atoms with Gasteiger partial charge in [-0.15, -0.1) is 0 Å². The Bertz CT molecular complexity index is 376. The topological polar surface area (TPSA) is 32.3 Å². The van der Waals surface area contributed by atoms with Crippen molar-refractivity contribution in [3.05, 3.63) is 0 Å². The van der Waals surface area contributed by atoms with E-state index < -0.39 is 0 Å². The normalized spacial score (nSPS) is 43.2. The Morgan fingerprint density at radius 2 is 1.57 bits per heavy atom. The molecule has 0 spiro atoms. The van der Waals surface area contributed by atoms with Crippen LogP contribution in [-0.2, 0) is 4.79 Å². The largest absolute Gasteiger partial charge is 0.351 e. The van der Waals surface area contributed by atoms with Gasteiger partial charge < -0.3 is 10.2 Å². The van der Waals surface area contributed by atoms with Gasteiger partial charge in [0.2, 0.25) is 5.91 Å². The third kappa shape index (κ3) is 2.86. The lowest BCUT2D eigenvalue weighted by atomic mass is 9.53. The molecule has 1 aliphatic heterocycles. The Labute approximate surface area is 128 Å². The van der Waals surface area contributed by atoms with Crippen LogP contribution in [0.25, 0.3) is 0 Å². The second-order valence-electron chi connectivity index (χ2n) is 8.70. The highest BCUT2D eigenvalue weighted by atomic mass is 16.1. The Morgan fingerprint density at radius 1 is 1.05 bits per heavy atom. The van der Waals surface area contributed by atoms with E-state index in [1.165, 1.54) is 51.4 Å². The molecule has 4 bridgehead atoms. The monoisotopic (exact) mass is 290 g/mol. The molecule has 5 aliphatic rings. The number of hydrogen-bond donors (Lipinski definition) is 1. The van der Waals surface area contributed by atoms with Gasteiger partial charge in [-0.3, -0.25) is 4.79 Å². The van der Waals surface area contributed by atoms with E-state index in [1.54, 1.807) is 0 Å². The molecular weight excluding hydrogens is 260 g/mol. The van der Waals surface area contributed by atoms with Crippen molar-refractivity contribution in [3.8, 4) is 0 Å². The zero-order chi connectivity index (χ0) is 14.4. The summed E-state index contributed by atoms with van der Waals surface area (Å²) in [6, 6.07) is 0. The third-order valence-corrected chi connectivity index (χ3v) is 6.76. The van der Waals surface area contributed by atoms with Crippen molar-refractivity contribution >= 4 is 5.91 Å². The summed E-state index contributed by atoms with van der Waals surface area (Å²) in [7, 11) is 2.19. The summed E-state index contributed by atoms with van der Waals surface area (Å²) < 4.78 is 0. The highest BCUT2D eigenvalue weighted by molar-refractivity contribution is 5.77. The second kappa shape index (κ2) is 5.26. The number of likely N-dealkylation sites (tertiary alicyclic amines) is 1. The fraction of sp³-hybridized carbons (Fsp3) is 0.944. The summed E-state index contributed by atoms with van der Waals surface area (Å²) in [5.41, 5.74) is 0.206. The maximum Gasteiger partial charge on any atom is 0.220 e. The number of rotatable bonds is 3. The molecule has 3 nitrogen and oxygen atoms in total. The molecule has 118 valence electrons. The molecule has 1 amide bonds. The van der Waals surface area contributed by atoms with E-state index in [0.717, 1.165) is 37.3 Å². The van der Waals surface area contributed by atoms with Crippen molar-refractivity contribution in [2.45, 2.75) is 63.3 Å². The average Bonchev–Trinajstić information content (AvgIpc) is 2.39. The quantitative estimate of drug-likeness (QED) is 0.867. The first kappa shape index (κ1) is 14.0. The highest BCUT2D eigenvalue weighted by Crippen LogP contribution is 2.55. The number of carbonyl (C=O) groups is 1. The Kier molecular flexibility index (Phi) is 3.52. The minimum atomic E-state index is 0.206. The molecule has 3 heteroatoms. The molecule has 0 radical (unpaired) electrons.